The van der Waals surface area contributed by atoms with Crippen LogP contribution in [0.4, 0.5) is 4.39 Å². The van der Waals surface area contributed by atoms with E-state index in [0.29, 0.717) is 5.52 Å². The Bertz CT molecular complexity index is 777. The summed E-state index contributed by atoms with van der Waals surface area (Å²) in [6, 6.07) is 15.8. The van der Waals surface area contributed by atoms with Crippen LogP contribution in [-0.4, -0.2) is 16.4 Å². The quantitative estimate of drug-likeness (QED) is 0.755. The van der Waals surface area contributed by atoms with E-state index in [2.05, 4.69) is 34.1 Å². The van der Waals surface area contributed by atoms with Crippen LogP contribution >= 0.6 is 0 Å². The highest BCUT2D eigenvalue weighted by Gasteiger charge is 2.21. The predicted molar refractivity (Wildman–Crippen MR) is 82.5 cm³/mol. The second kappa shape index (κ2) is 5.01. The molecule has 0 saturated carbocycles. The van der Waals surface area contributed by atoms with Gasteiger partial charge in [-0.15, -0.1) is 0 Å². The van der Waals surface area contributed by atoms with Crippen LogP contribution in [0.3, 0.4) is 0 Å². The lowest BCUT2D eigenvalue weighted by molar-refractivity contribution is 0.245. The minimum absolute atomic E-state index is 0.156. The summed E-state index contributed by atoms with van der Waals surface area (Å²) < 4.78 is 13.9. The molecule has 0 atom stereocenters. The van der Waals surface area contributed by atoms with E-state index >= 15 is 0 Å². The van der Waals surface area contributed by atoms with E-state index in [1.54, 1.807) is 6.07 Å². The van der Waals surface area contributed by atoms with E-state index in [1.165, 1.54) is 22.9 Å². The second-order valence-electron chi connectivity index (χ2n) is 5.69. The van der Waals surface area contributed by atoms with E-state index < -0.39 is 0 Å². The largest absolute Gasteiger partial charge is 0.356 e. The second-order valence-corrected chi connectivity index (χ2v) is 5.69. The van der Waals surface area contributed by atoms with Gasteiger partial charge in [-0.1, -0.05) is 42.5 Å². The van der Waals surface area contributed by atoms with Gasteiger partial charge < -0.3 is 4.98 Å². The number of nitrogens with one attached hydrogen (secondary N) is 1. The molecule has 21 heavy (non-hydrogen) atoms. The monoisotopic (exact) mass is 280 g/mol. The van der Waals surface area contributed by atoms with Crippen molar-refractivity contribution >= 4 is 10.9 Å². The molecule has 0 aliphatic carbocycles. The lowest BCUT2D eigenvalue weighted by Crippen LogP contribution is -2.29. The van der Waals surface area contributed by atoms with Gasteiger partial charge >= 0.3 is 0 Å². The standard InChI is InChI=1S/C18H17FN2/c19-16-8-4-7-14-15-12-21(10-9-17(15)20-18(14)16)11-13-5-2-1-3-6-13/h1-8,20H,9-12H2. The van der Waals surface area contributed by atoms with Crippen molar-refractivity contribution in [1.29, 1.82) is 0 Å². The molecule has 0 unspecified atom stereocenters. The first-order chi connectivity index (χ1) is 10.3. The van der Waals surface area contributed by atoms with Crippen molar-refractivity contribution in [3.8, 4) is 0 Å². The molecule has 2 aromatic carbocycles. The van der Waals surface area contributed by atoms with Gasteiger partial charge in [0.05, 0.1) is 5.52 Å². The van der Waals surface area contributed by atoms with E-state index in [4.69, 9.17) is 0 Å². The molecule has 0 radical (unpaired) electrons. The number of benzene rings is 2. The van der Waals surface area contributed by atoms with Gasteiger partial charge in [0.2, 0.25) is 0 Å². The molecule has 0 amide bonds. The summed E-state index contributed by atoms with van der Waals surface area (Å²) >= 11 is 0. The number of nitrogens with zero attached hydrogens (tertiary/aromatic N) is 1. The summed E-state index contributed by atoms with van der Waals surface area (Å²) in [5.41, 5.74) is 4.43. The van der Waals surface area contributed by atoms with Gasteiger partial charge in [0, 0.05) is 37.1 Å². The molecule has 3 heteroatoms. The van der Waals surface area contributed by atoms with Crippen LogP contribution in [0.25, 0.3) is 10.9 Å². The van der Waals surface area contributed by atoms with E-state index in [1.807, 2.05) is 12.1 Å². The third-order valence-corrected chi connectivity index (χ3v) is 4.29. The SMILES string of the molecule is Fc1cccc2c3c([nH]c12)CCN(Cc1ccccc1)C3. The number of rotatable bonds is 2. The van der Waals surface area contributed by atoms with Crippen LogP contribution in [-0.2, 0) is 19.5 Å². The summed E-state index contributed by atoms with van der Waals surface area (Å²) in [6.45, 7) is 2.84. The van der Waals surface area contributed by atoms with Gasteiger partial charge in [-0.2, -0.15) is 0 Å². The summed E-state index contributed by atoms with van der Waals surface area (Å²) in [4.78, 5) is 5.69. The third kappa shape index (κ3) is 2.24. The van der Waals surface area contributed by atoms with Gasteiger partial charge in [-0.3, -0.25) is 4.90 Å². The van der Waals surface area contributed by atoms with Crippen molar-refractivity contribution in [3.05, 3.63) is 71.2 Å². The number of aromatic nitrogens is 1. The lowest BCUT2D eigenvalue weighted by Gasteiger charge is -2.27. The van der Waals surface area contributed by atoms with Crippen LogP contribution in [0.2, 0.25) is 0 Å². The molecule has 2 nitrogen and oxygen atoms in total. The number of hydrogen-bond donors (Lipinski definition) is 1. The summed E-state index contributed by atoms with van der Waals surface area (Å²) in [6.07, 6.45) is 0.955. The molecule has 3 aromatic rings. The molecule has 4 rings (SSSR count). The normalized spacial score (nSPS) is 15.3. The molecule has 0 spiro atoms. The zero-order chi connectivity index (χ0) is 14.2. The molecule has 0 saturated heterocycles. The van der Waals surface area contributed by atoms with Crippen molar-refractivity contribution in [1.82, 2.24) is 9.88 Å². The number of halogens is 1. The number of aromatic amines is 1. The molecule has 0 fully saturated rings. The highest BCUT2D eigenvalue weighted by molar-refractivity contribution is 5.85. The molecule has 106 valence electrons. The Balaban J connectivity index is 1.65. The van der Waals surface area contributed by atoms with Crippen LogP contribution in [0.5, 0.6) is 0 Å². The summed E-state index contributed by atoms with van der Waals surface area (Å²) in [7, 11) is 0. The predicted octanol–water partition coefficient (Wildman–Crippen LogP) is 3.87. The zero-order valence-electron chi connectivity index (χ0n) is 11.8. The molecule has 1 aromatic heterocycles. The Morgan fingerprint density at radius 3 is 2.76 bits per heavy atom. The number of H-pyrrole nitrogens is 1. The zero-order valence-corrected chi connectivity index (χ0v) is 11.8. The van der Waals surface area contributed by atoms with Crippen molar-refractivity contribution in [2.45, 2.75) is 19.5 Å². The Morgan fingerprint density at radius 2 is 1.90 bits per heavy atom. The first kappa shape index (κ1) is 12.6. The Morgan fingerprint density at radius 1 is 1.05 bits per heavy atom. The lowest BCUT2D eigenvalue weighted by atomic mass is 10.0. The molecule has 1 N–H and O–H groups in total. The average Bonchev–Trinajstić information content (AvgIpc) is 2.88. The molecule has 1 aliphatic rings. The Labute approximate surface area is 123 Å². The fourth-order valence-corrected chi connectivity index (χ4v) is 3.23. The van der Waals surface area contributed by atoms with Crippen molar-refractivity contribution < 1.29 is 4.39 Å². The maximum absolute atomic E-state index is 13.9. The first-order valence-electron chi connectivity index (χ1n) is 7.35. The average molecular weight is 280 g/mol. The van der Waals surface area contributed by atoms with Crippen LogP contribution in [0.1, 0.15) is 16.8 Å². The topological polar surface area (TPSA) is 19.0 Å². The fourth-order valence-electron chi connectivity index (χ4n) is 3.23. The van der Waals surface area contributed by atoms with E-state index in [9.17, 15) is 4.39 Å². The number of para-hydroxylation sites is 1. The highest BCUT2D eigenvalue weighted by Crippen LogP contribution is 2.29. The summed E-state index contributed by atoms with van der Waals surface area (Å²) in [5, 5.41) is 1.03. The Hall–Kier alpha value is -2.13. The Kier molecular flexibility index (Phi) is 3.00. The van der Waals surface area contributed by atoms with Gasteiger partial charge in [-0.05, 0) is 17.2 Å². The van der Waals surface area contributed by atoms with Crippen LogP contribution < -0.4 is 0 Å². The number of fused-ring (bicyclic) bond motifs is 3. The van der Waals surface area contributed by atoms with Crippen LogP contribution in [0.15, 0.2) is 48.5 Å². The maximum atomic E-state index is 13.9. The van der Waals surface area contributed by atoms with Gasteiger partial charge in [0.1, 0.15) is 5.82 Å². The smallest absolute Gasteiger partial charge is 0.147 e. The fraction of sp³-hybridized carbons (Fsp3) is 0.222. The molecular weight excluding hydrogens is 263 g/mol. The van der Waals surface area contributed by atoms with Crippen molar-refractivity contribution in [2.24, 2.45) is 0 Å². The number of hydrogen-bond acceptors (Lipinski definition) is 1. The third-order valence-electron chi connectivity index (χ3n) is 4.29. The van der Waals surface area contributed by atoms with Gasteiger partial charge in [0.25, 0.3) is 0 Å². The molecular formula is C18H17FN2. The van der Waals surface area contributed by atoms with E-state index in [0.717, 1.165) is 31.4 Å². The highest BCUT2D eigenvalue weighted by atomic mass is 19.1. The van der Waals surface area contributed by atoms with Crippen molar-refractivity contribution in [2.75, 3.05) is 6.54 Å². The molecule has 1 aliphatic heterocycles. The maximum Gasteiger partial charge on any atom is 0.147 e. The van der Waals surface area contributed by atoms with Crippen LogP contribution in [0, 0.1) is 5.82 Å². The summed E-state index contributed by atoms with van der Waals surface area (Å²) in [5.74, 6) is -0.156. The minimum Gasteiger partial charge on any atom is -0.356 e. The van der Waals surface area contributed by atoms with Gasteiger partial charge in [-0.25, -0.2) is 4.39 Å². The molecule has 0 bridgehead atoms. The molecule has 2 heterocycles. The van der Waals surface area contributed by atoms with Crippen molar-refractivity contribution in [3.63, 3.8) is 0 Å². The minimum atomic E-state index is -0.156. The van der Waals surface area contributed by atoms with E-state index in [-0.39, 0.29) is 5.82 Å². The first-order valence-corrected chi connectivity index (χ1v) is 7.35. The van der Waals surface area contributed by atoms with Gasteiger partial charge in [0.15, 0.2) is 0 Å².